The number of allylic oxidation sites excluding steroid dienone is 6. The van der Waals surface area contributed by atoms with Crippen LogP contribution in [0.2, 0.25) is 0 Å². The third-order valence-corrected chi connectivity index (χ3v) is 7.15. The molecule has 0 aliphatic carbocycles. The summed E-state index contributed by atoms with van der Waals surface area (Å²) in [5.74, 6) is -2.34. The molecule has 0 aliphatic rings. The van der Waals surface area contributed by atoms with E-state index >= 15 is 0 Å². The first kappa shape index (κ1) is 43.5. The quantitative estimate of drug-likeness (QED) is 0.0271. The summed E-state index contributed by atoms with van der Waals surface area (Å²) >= 11 is 0. The van der Waals surface area contributed by atoms with Gasteiger partial charge in [-0.05, 0) is 44.9 Å². The van der Waals surface area contributed by atoms with Crippen LogP contribution in [0.4, 0.5) is 0 Å². The van der Waals surface area contributed by atoms with E-state index in [0.29, 0.717) is 17.4 Å². The fourth-order valence-electron chi connectivity index (χ4n) is 4.37. The van der Waals surface area contributed by atoms with Gasteiger partial charge in [0.25, 0.3) is 0 Å². The molecule has 2 unspecified atom stereocenters. The van der Waals surface area contributed by atoms with E-state index < -0.39 is 24.3 Å². The van der Waals surface area contributed by atoms with Crippen molar-refractivity contribution in [1.29, 1.82) is 0 Å². The van der Waals surface area contributed by atoms with Crippen molar-refractivity contribution in [3.8, 4) is 0 Å². The van der Waals surface area contributed by atoms with Crippen LogP contribution in [0.1, 0.15) is 123 Å². The average Bonchev–Trinajstić information content (AvgIpc) is 3.00. The van der Waals surface area contributed by atoms with Gasteiger partial charge in [0, 0.05) is 12.8 Å². The number of unbranched alkanes of at least 4 members (excludes halogenated alkanes) is 10. The standard InChI is InChI=1S/C37H65NO8/c1-6-8-10-12-14-16-17-18-19-20-22-24-26-28-35(40)46-33(32-45-37(36(41)42)43-30-29-38(3,4)5)31-44-34(39)27-25-23-21-15-13-11-9-7-2/h8,10,14,16,18-19,33,37H,6-7,9,11-13,15,17,20-32H2,1-5H3/b10-8-,16-14-,19-18-. The van der Waals surface area contributed by atoms with Gasteiger partial charge in [-0.25, -0.2) is 0 Å². The number of carbonyl (C=O) groups is 3. The monoisotopic (exact) mass is 651 g/mol. The lowest BCUT2D eigenvalue weighted by atomic mass is 10.1. The van der Waals surface area contributed by atoms with Gasteiger partial charge in [0.2, 0.25) is 0 Å². The van der Waals surface area contributed by atoms with Crippen LogP contribution in [0.3, 0.4) is 0 Å². The van der Waals surface area contributed by atoms with Gasteiger partial charge in [0.1, 0.15) is 13.2 Å². The van der Waals surface area contributed by atoms with Gasteiger partial charge in [-0.3, -0.25) is 9.59 Å². The lowest BCUT2D eigenvalue weighted by molar-refractivity contribution is -0.870. The van der Waals surface area contributed by atoms with Gasteiger partial charge >= 0.3 is 11.9 Å². The van der Waals surface area contributed by atoms with Crippen molar-refractivity contribution in [2.75, 3.05) is 47.5 Å². The molecule has 46 heavy (non-hydrogen) atoms. The number of ether oxygens (including phenoxy) is 4. The summed E-state index contributed by atoms with van der Waals surface area (Å²) in [5, 5.41) is 11.6. The predicted octanol–water partition coefficient (Wildman–Crippen LogP) is 6.60. The third kappa shape index (κ3) is 30.2. The Morgan fingerprint density at radius 3 is 1.85 bits per heavy atom. The SMILES string of the molecule is CC/C=C\C/C=C\C/C=C\CCCCCC(=O)OC(COC(=O)CCCCCCCCCC)COC(OCC[N+](C)(C)C)C(=O)[O-]. The number of hydrogen-bond donors (Lipinski definition) is 0. The zero-order chi connectivity index (χ0) is 34.3. The van der Waals surface area contributed by atoms with Gasteiger partial charge in [-0.15, -0.1) is 0 Å². The lowest BCUT2D eigenvalue weighted by Gasteiger charge is -2.26. The number of carboxylic acids is 1. The van der Waals surface area contributed by atoms with E-state index in [9.17, 15) is 19.5 Å². The van der Waals surface area contributed by atoms with E-state index in [-0.39, 0.29) is 38.6 Å². The molecule has 0 spiro atoms. The second-order valence-corrected chi connectivity index (χ2v) is 12.8. The molecule has 0 saturated heterocycles. The molecule has 0 aromatic carbocycles. The van der Waals surface area contributed by atoms with Gasteiger partial charge in [-0.1, -0.05) is 102 Å². The molecule has 0 amide bonds. The molecular weight excluding hydrogens is 586 g/mol. The molecule has 0 bridgehead atoms. The minimum absolute atomic E-state index is 0.142. The number of hydrogen-bond acceptors (Lipinski definition) is 8. The van der Waals surface area contributed by atoms with Crippen molar-refractivity contribution in [3.05, 3.63) is 36.5 Å². The molecule has 9 heteroatoms. The van der Waals surface area contributed by atoms with Crippen LogP contribution >= 0.6 is 0 Å². The first-order chi connectivity index (χ1) is 22.1. The Bertz CT molecular complexity index is 862. The molecule has 0 saturated carbocycles. The van der Waals surface area contributed by atoms with Gasteiger partial charge < -0.3 is 33.3 Å². The summed E-state index contributed by atoms with van der Waals surface area (Å²) in [6.07, 6.45) is 26.2. The van der Waals surface area contributed by atoms with Crippen LogP contribution in [0.15, 0.2) is 36.5 Å². The van der Waals surface area contributed by atoms with Crippen LogP contribution in [-0.2, 0) is 33.3 Å². The van der Waals surface area contributed by atoms with Crippen LogP contribution < -0.4 is 5.11 Å². The van der Waals surface area contributed by atoms with Crippen molar-refractivity contribution in [2.45, 2.75) is 135 Å². The van der Waals surface area contributed by atoms with E-state index in [1.807, 2.05) is 21.1 Å². The Kier molecular flexibility index (Phi) is 28.3. The number of likely N-dealkylation sites (N-methyl/N-ethyl adjacent to an activating group) is 1. The topological polar surface area (TPSA) is 111 Å². The molecule has 2 atom stereocenters. The Morgan fingerprint density at radius 1 is 0.674 bits per heavy atom. The fourth-order valence-corrected chi connectivity index (χ4v) is 4.37. The van der Waals surface area contributed by atoms with Gasteiger partial charge in [-0.2, -0.15) is 0 Å². The Hall–Kier alpha value is -2.49. The molecule has 0 fully saturated rings. The van der Waals surface area contributed by atoms with Crippen molar-refractivity contribution in [3.63, 3.8) is 0 Å². The number of aliphatic carboxylic acids is 1. The van der Waals surface area contributed by atoms with Crippen molar-refractivity contribution in [2.24, 2.45) is 0 Å². The minimum Gasteiger partial charge on any atom is -0.545 e. The highest BCUT2D eigenvalue weighted by Gasteiger charge is 2.21. The van der Waals surface area contributed by atoms with Crippen LogP contribution in [0.5, 0.6) is 0 Å². The normalized spacial score (nSPS) is 13.5. The molecule has 0 aliphatic heterocycles. The highest BCUT2D eigenvalue weighted by molar-refractivity contribution is 5.70. The van der Waals surface area contributed by atoms with Crippen LogP contribution in [0, 0.1) is 0 Å². The van der Waals surface area contributed by atoms with E-state index in [4.69, 9.17) is 18.9 Å². The molecule has 9 nitrogen and oxygen atoms in total. The van der Waals surface area contributed by atoms with E-state index in [2.05, 4.69) is 50.3 Å². The van der Waals surface area contributed by atoms with Crippen molar-refractivity contribution in [1.82, 2.24) is 0 Å². The van der Waals surface area contributed by atoms with E-state index in [0.717, 1.165) is 57.8 Å². The van der Waals surface area contributed by atoms with Gasteiger partial charge in [0.15, 0.2) is 12.4 Å². The largest absolute Gasteiger partial charge is 0.545 e. The highest BCUT2D eigenvalue weighted by atomic mass is 16.7. The predicted molar refractivity (Wildman–Crippen MR) is 182 cm³/mol. The molecule has 0 radical (unpaired) electrons. The molecule has 266 valence electrons. The zero-order valence-corrected chi connectivity index (χ0v) is 29.7. The maximum absolute atomic E-state index is 12.6. The van der Waals surface area contributed by atoms with Crippen LogP contribution in [-0.4, -0.2) is 82.3 Å². The maximum atomic E-state index is 12.6. The molecule has 0 rings (SSSR count). The Balaban J connectivity index is 4.65. The molecular formula is C37H65NO8. The lowest BCUT2D eigenvalue weighted by Crippen LogP contribution is -2.44. The number of esters is 2. The Labute approximate surface area is 280 Å². The second-order valence-electron chi connectivity index (χ2n) is 12.8. The number of rotatable bonds is 31. The maximum Gasteiger partial charge on any atom is 0.306 e. The third-order valence-electron chi connectivity index (χ3n) is 7.15. The minimum atomic E-state index is -1.62. The summed E-state index contributed by atoms with van der Waals surface area (Å²) in [4.78, 5) is 36.5. The average molecular weight is 652 g/mol. The zero-order valence-electron chi connectivity index (χ0n) is 29.7. The fraction of sp³-hybridized carbons (Fsp3) is 0.757. The summed E-state index contributed by atoms with van der Waals surface area (Å²) in [7, 11) is 5.87. The first-order valence-corrected chi connectivity index (χ1v) is 17.6. The van der Waals surface area contributed by atoms with Crippen molar-refractivity contribution >= 4 is 17.9 Å². The number of nitrogens with zero attached hydrogens (tertiary/aromatic N) is 1. The summed E-state index contributed by atoms with van der Waals surface area (Å²) in [6, 6.07) is 0. The number of carboxylic acid groups (broad SMARTS) is 1. The Morgan fingerprint density at radius 2 is 1.24 bits per heavy atom. The summed E-state index contributed by atoms with van der Waals surface area (Å²) in [6.45, 7) is 4.51. The second kappa shape index (κ2) is 29.9. The smallest absolute Gasteiger partial charge is 0.306 e. The molecule has 0 N–H and O–H groups in total. The molecule has 0 aromatic rings. The molecule has 0 heterocycles. The molecule has 0 aromatic heterocycles. The van der Waals surface area contributed by atoms with E-state index in [1.165, 1.54) is 32.1 Å². The number of carbonyl (C=O) groups excluding carboxylic acids is 3. The summed E-state index contributed by atoms with van der Waals surface area (Å²) in [5.41, 5.74) is 0. The summed E-state index contributed by atoms with van der Waals surface area (Å²) < 4.78 is 22.3. The highest BCUT2D eigenvalue weighted by Crippen LogP contribution is 2.11. The van der Waals surface area contributed by atoms with Crippen molar-refractivity contribution < 1.29 is 42.9 Å². The van der Waals surface area contributed by atoms with Crippen LogP contribution in [0.25, 0.3) is 0 Å². The first-order valence-electron chi connectivity index (χ1n) is 17.6. The van der Waals surface area contributed by atoms with Gasteiger partial charge in [0.05, 0.1) is 40.3 Å². The number of quaternary nitrogens is 1. The van der Waals surface area contributed by atoms with E-state index in [1.54, 1.807) is 0 Å².